The molecule has 15 nitrogen and oxygen atoms in total. The van der Waals surface area contributed by atoms with E-state index in [1.165, 1.54) is 29.8 Å². The van der Waals surface area contributed by atoms with E-state index < -0.39 is 17.8 Å². The number of benzene rings is 2. The number of hydrogen-bond donors (Lipinski definition) is 6. The fourth-order valence-corrected chi connectivity index (χ4v) is 6.99. The van der Waals surface area contributed by atoms with Gasteiger partial charge < -0.3 is 46.7 Å². The summed E-state index contributed by atoms with van der Waals surface area (Å²) in [5, 5.41) is 18.9. The first-order chi connectivity index (χ1) is 24.0. The number of fused-ring (bicyclic) bond motifs is 2. The number of nitrogens with one attached hydrogen (secondary N) is 3. The van der Waals surface area contributed by atoms with E-state index in [1.807, 2.05) is 0 Å². The SMILES string of the molecule is COC(=O)COc1ccc2c(C(N)=O)c(NC(=O)C3CC3)sc2c1.NC(=O)c1c(NC(=O)C2CC2)sc2cc(OCC(=O)NCCO)ccc12. The molecular formula is C33H35N5O10S2. The van der Waals surface area contributed by atoms with Crippen LogP contribution in [0.4, 0.5) is 10.0 Å². The number of hydrogen-bond acceptors (Lipinski definition) is 12. The van der Waals surface area contributed by atoms with E-state index in [9.17, 15) is 28.8 Å². The first-order valence-electron chi connectivity index (χ1n) is 15.5. The number of methoxy groups -OCH3 is 1. The number of aliphatic hydroxyl groups excluding tert-OH is 1. The van der Waals surface area contributed by atoms with E-state index in [4.69, 9.17) is 26.0 Å². The van der Waals surface area contributed by atoms with Crippen molar-refractivity contribution in [3.8, 4) is 11.5 Å². The molecule has 0 atom stereocenters. The second-order valence-corrected chi connectivity index (χ2v) is 13.5. The molecule has 2 saturated carbocycles. The van der Waals surface area contributed by atoms with E-state index in [0.29, 0.717) is 37.8 Å². The number of primary amides is 2. The molecule has 2 aromatic carbocycles. The highest BCUT2D eigenvalue weighted by molar-refractivity contribution is 7.24. The number of nitrogens with two attached hydrogens (primary N) is 2. The molecule has 6 rings (SSSR count). The molecule has 2 aliphatic carbocycles. The van der Waals surface area contributed by atoms with Crippen molar-refractivity contribution in [2.75, 3.05) is 44.1 Å². The summed E-state index contributed by atoms with van der Waals surface area (Å²) in [6.07, 6.45) is 3.46. The minimum Gasteiger partial charge on any atom is -0.484 e. The summed E-state index contributed by atoms with van der Waals surface area (Å²) in [4.78, 5) is 70.3. The summed E-state index contributed by atoms with van der Waals surface area (Å²) in [5.74, 6) is -1.29. The predicted octanol–water partition coefficient (Wildman–Crippen LogP) is 2.74. The van der Waals surface area contributed by atoms with Crippen LogP contribution in [0.3, 0.4) is 0 Å². The number of carbonyl (C=O) groups excluding carboxylic acids is 6. The van der Waals surface area contributed by atoms with Gasteiger partial charge in [-0.1, -0.05) is 0 Å². The Balaban J connectivity index is 0.000000195. The summed E-state index contributed by atoms with van der Waals surface area (Å²) in [6, 6.07) is 10.0. The lowest BCUT2D eigenvalue weighted by atomic mass is 10.1. The van der Waals surface area contributed by atoms with Crippen LogP contribution in [0.15, 0.2) is 36.4 Å². The van der Waals surface area contributed by atoms with Crippen LogP contribution in [0.2, 0.25) is 0 Å². The van der Waals surface area contributed by atoms with Gasteiger partial charge in [-0.15, -0.1) is 22.7 Å². The van der Waals surface area contributed by atoms with Gasteiger partial charge in [0.2, 0.25) is 11.8 Å². The van der Waals surface area contributed by atoms with Gasteiger partial charge in [0.15, 0.2) is 13.2 Å². The zero-order chi connectivity index (χ0) is 35.9. The Bertz CT molecular complexity index is 1960. The molecule has 8 N–H and O–H groups in total. The smallest absolute Gasteiger partial charge is 0.343 e. The van der Waals surface area contributed by atoms with Gasteiger partial charge in [0.25, 0.3) is 17.7 Å². The standard InChI is InChI=1S/C17H19N3O5S.C16H16N2O5S/c18-15(23)14-11-4-3-10(25-8-13(22)19-5-6-21)7-12(11)26-17(14)20-16(24)9-1-2-9;1-22-12(19)7-23-9-4-5-10-11(6-9)24-16(13(10)14(17)20)18-15(21)8-2-3-8/h3-4,7,9,21H,1-2,5-6,8H2,(H2,18,23)(H,19,22)(H,20,24);4-6,8H,2-3,7H2,1H3,(H2,17,20)(H,18,21). The lowest BCUT2D eigenvalue weighted by Gasteiger charge is -2.06. The molecule has 0 aliphatic heterocycles. The normalized spacial score (nSPS) is 13.5. The van der Waals surface area contributed by atoms with Crippen molar-refractivity contribution in [3.05, 3.63) is 47.5 Å². The lowest BCUT2D eigenvalue weighted by molar-refractivity contribution is -0.143. The number of aliphatic hydroxyl groups is 1. The zero-order valence-electron chi connectivity index (χ0n) is 26.9. The van der Waals surface area contributed by atoms with Gasteiger partial charge in [-0.25, -0.2) is 4.79 Å². The quantitative estimate of drug-likeness (QED) is 0.104. The maximum atomic E-state index is 12.0. The van der Waals surface area contributed by atoms with Gasteiger partial charge in [0, 0.05) is 38.6 Å². The topological polar surface area (TPSA) is 238 Å². The highest BCUT2D eigenvalue weighted by Gasteiger charge is 2.32. The van der Waals surface area contributed by atoms with Crippen molar-refractivity contribution in [3.63, 3.8) is 0 Å². The number of carbonyl (C=O) groups is 6. The molecule has 5 amide bonds. The molecule has 0 spiro atoms. The van der Waals surface area contributed by atoms with E-state index in [0.717, 1.165) is 35.1 Å². The Morgan fingerprint density at radius 2 is 1.22 bits per heavy atom. The molecule has 2 aromatic heterocycles. The molecule has 17 heteroatoms. The zero-order valence-corrected chi connectivity index (χ0v) is 28.5. The molecule has 264 valence electrons. The fraction of sp³-hybridized carbons (Fsp3) is 0.333. The van der Waals surface area contributed by atoms with Gasteiger partial charge in [0.1, 0.15) is 21.5 Å². The third-order valence-corrected chi connectivity index (χ3v) is 9.71. The van der Waals surface area contributed by atoms with Crippen LogP contribution in [0.1, 0.15) is 46.4 Å². The summed E-state index contributed by atoms with van der Waals surface area (Å²) in [6.45, 7) is -0.373. The number of ether oxygens (including phenoxy) is 3. The van der Waals surface area contributed by atoms with Crippen LogP contribution in [0.25, 0.3) is 20.2 Å². The summed E-state index contributed by atoms with van der Waals surface area (Å²) < 4.78 is 16.7. The van der Waals surface area contributed by atoms with E-state index in [1.54, 1.807) is 36.4 Å². The molecule has 0 bridgehead atoms. The van der Waals surface area contributed by atoms with Crippen molar-refractivity contribution >= 4 is 88.4 Å². The van der Waals surface area contributed by atoms with Crippen LogP contribution < -0.4 is 36.9 Å². The fourth-order valence-electron chi connectivity index (χ4n) is 4.71. The van der Waals surface area contributed by atoms with Gasteiger partial charge in [-0.3, -0.25) is 24.0 Å². The Labute approximate surface area is 293 Å². The first kappa shape index (κ1) is 36.0. The Kier molecular flexibility index (Phi) is 11.5. The minimum atomic E-state index is -0.612. The predicted molar refractivity (Wildman–Crippen MR) is 186 cm³/mol. The van der Waals surface area contributed by atoms with Crippen LogP contribution >= 0.6 is 22.7 Å². The van der Waals surface area contributed by atoms with Crippen molar-refractivity contribution in [2.24, 2.45) is 23.3 Å². The highest BCUT2D eigenvalue weighted by Crippen LogP contribution is 2.40. The molecule has 2 heterocycles. The molecule has 0 unspecified atom stereocenters. The number of esters is 1. The van der Waals surface area contributed by atoms with E-state index in [-0.39, 0.29) is 61.5 Å². The average molecular weight is 726 g/mol. The van der Waals surface area contributed by atoms with Crippen molar-refractivity contribution in [2.45, 2.75) is 25.7 Å². The van der Waals surface area contributed by atoms with Crippen LogP contribution in [0.5, 0.6) is 11.5 Å². The molecule has 4 aromatic rings. The van der Waals surface area contributed by atoms with Crippen LogP contribution in [0, 0.1) is 11.8 Å². The van der Waals surface area contributed by atoms with Crippen LogP contribution in [-0.2, 0) is 23.9 Å². The largest absolute Gasteiger partial charge is 0.484 e. The third kappa shape index (κ3) is 9.04. The van der Waals surface area contributed by atoms with Crippen molar-refractivity contribution < 1.29 is 48.1 Å². The summed E-state index contributed by atoms with van der Waals surface area (Å²) in [5.41, 5.74) is 11.5. The Morgan fingerprint density at radius 1 is 0.760 bits per heavy atom. The van der Waals surface area contributed by atoms with E-state index in [2.05, 4.69) is 20.7 Å². The van der Waals surface area contributed by atoms with Gasteiger partial charge >= 0.3 is 5.97 Å². The second kappa shape index (κ2) is 16.0. The average Bonchev–Trinajstić information content (AvgIpc) is 4.03. The van der Waals surface area contributed by atoms with Gasteiger partial charge in [0.05, 0.1) is 24.8 Å². The van der Waals surface area contributed by atoms with Gasteiger partial charge in [-0.05, 0) is 62.1 Å². The number of amides is 5. The Morgan fingerprint density at radius 3 is 1.62 bits per heavy atom. The number of rotatable bonds is 14. The van der Waals surface area contributed by atoms with Crippen molar-refractivity contribution in [1.82, 2.24) is 5.32 Å². The molecule has 2 fully saturated rings. The number of thiophene rings is 2. The molecule has 50 heavy (non-hydrogen) atoms. The maximum absolute atomic E-state index is 12.0. The lowest BCUT2D eigenvalue weighted by Crippen LogP contribution is -2.31. The summed E-state index contributed by atoms with van der Waals surface area (Å²) in [7, 11) is 1.28. The molecule has 2 aliphatic rings. The molecular weight excluding hydrogens is 691 g/mol. The Hall–Kier alpha value is -5.26. The minimum absolute atomic E-state index is 0.0114. The van der Waals surface area contributed by atoms with Crippen LogP contribution in [-0.4, -0.2) is 74.1 Å². The van der Waals surface area contributed by atoms with Crippen molar-refractivity contribution in [1.29, 1.82) is 0 Å². The number of anilines is 2. The highest BCUT2D eigenvalue weighted by atomic mass is 32.1. The second-order valence-electron chi connectivity index (χ2n) is 11.4. The monoisotopic (exact) mass is 725 g/mol. The molecule has 0 radical (unpaired) electrons. The van der Waals surface area contributed by atoms with Gasteiger partial charge in [-0.2, -0.15) is 0 Å². The first-order valence-corrected chi connectivity index (χ1v) is 17.2. The van der Waals surface area contributed by atoms with E-state index >= 15 is 0 Å². The summed E-state index contributed by atoms with van der Waals surface area (Å²) >= 11 is 2.49. The maximum Gasteiger partial charge on any atom is 0.343 e. The molecule has 0 saturated heterocycles. The third-order valence-electron chi connectivity index (χ3n) is 7.57.